The van der Waals surface area contributed by atoms with Gasteiger partial charge in [0.15, 0.2) is 11.5 Å². The Kier molecular flexibility index (Phi) is 5.96. The highest BCUT2D eigenvalue weighted by molar-refractivity contribution is 5.91. The first-order chi connectivity index (χ1) is 15.3. The molecule has 0 aliphatic carbocycles. The molecule has 10 nitrogen and oxygen atoms in total. The zero-order chi connectivity index (χ0) is 23.0. The van der Waals surface area contributed by atoms with E-state index >= 15 is 0 Å². The number of hydrogen-bond donors (Lipinski definition) is 0. The molecule has 0 unspecified atom stereocenters. The van der Waals surface area contributed by atoms with Crippen LogP contribution in [0.3, 0.4) is 0 Å². The first-order valence-corrected chi connectivity index (χ1v) is 10.2. The third-order valence-corrected chi connectivity index (χ3v) is 5.75. The van der Waals surface area contributed by atoms with Crippen LogP contribution < -0.4 is 14.4 Å². The number of carbonyl (C=O) groups excluding carboxylic acids is 3. The highest BCUT2D eigenvalue weighted by Gasteiger charge is 2.51. The molecule has 2 bridgehead atoms. The summed E-state index contributed by atoms with van der Waals surface area (Å²) >= 11 is 0. The molecule has 0 amide bonds. The lowest BCUT2D eigenvalue weighted by Gasteiger charge is -2.50. The molecule has 0 radical (unpaired) electrons. The van der Waals surface area contributed by atoms with Crippen molar-refractivity contribution in [2.24, 2.45) is 5.92 Å². The first-order valence-electron chi connectivity index (χ1n) is 10.2. The van der Waals surface area contributed by atoms with Gasteiger partial charge in [-0.15, -0.1) is 0 Å². The van der Waals surface area contributed by atoms with E-state index in [0.29, 0.717) is 29.2 Å². The van der Waals surface area contributed by atoms with Crippen LogP contribution in [0.2, 0.25) is 0 Å². The smallest absolute Gasteiger partial charge is 0.335 e. The maximum atomic E-state index is 12.8. The Bertz CT molecular complexity index is 972. The van der Waals surface area contributed by atoms with Gasteiger partial charge in [-0.25, -0.2) is 4.79 Å². The average molecular weight is 447 g/mol. The van der Waals surface area contributed by atoms with Crippen molar-refractivity contribution in [3.05, 3.63) is 29.5 Å². The van der Waals surface area contributed by atoms with E-state index in [1.807, 2.05) is 17.0 Å². The Balaban J connectivity index is 1.78. The molecule has 172 valence electrons. The van der Waals surface area contributed by atoms with E-state index in [4.69, 9.17) is 28.4 Å². The van der Waals surface area contributed by atoms with Gasteiger partial charge in [-0.1, -0.05) is 0 Å². The zero-order valence-electron chi connectivity index (χ0n) is 18.3. The number of fused-ring (bicyclic) bond motifs is 3. The highest BCUT2D eigenvalue weighted by atomic mass is 16.7. The molecule has 10 heteroatoms. The molecule has 1 saturated heterocycles. The first kappa shape index (κ1) is 21.9. The maximum Gasteiger partial charge on any atom is 0.335 e. The molecule has 0 spiro atoms. The van der Waals surface area contributed by atoms with Gasteiger partial charge >= 0.3 is 17.9 Å². The minimum absolute atomic E-state index is 0.122. The van der Waals surface area contributed by atoms with E-state index in [2.05, 4.69) is 0 Å². The monoisotopic (exact) mass is 447 g/mol. The number of methoxy groups -OCH3 is 1. The van der Waals surface area contributed by atoms with Crippen LogP contribution in [0.4, 0.5) is 5.69 Å². The standard InChI is InChI=1S/C22H25NO9/c1-11-20(22(26)27-4)15-8-19(23(11)14-5-6-16-17(7-14)30-10-29-16)32-18(9-28-12(2)24)21(15)31-13(3)25/h5-7,15,18-19,21H,8-10H2,1-4H3/t15-,18-,19+,21+/m1/s1. The van der Waals surface area contributed by atoms with Crippen molar-refractivity contribution in [1.82, 2.24) is 0 Å². The molecule has 0 N–H and O–H groups in total. The van der Waals surface area contributed by atoms with Crippen molar-refractivity contribution in [3.63, 3.8) is 0 Å². The molecule has 0 aromatic heterocycles. The van der Waals surface area contributed by atoms with Crippen LogP contribution in [-0.4, -0.2) is 56.9 Å². The third-order valence-electron chi connectivity index (χ3n) is 5.75. The summed E-state index contributed by atoms with van der Waals surface area (Å²) in [5.41, 5.74) is 1.72. The predicted molar refractivity (Wildman–Crippen MR) is 109 cm³/mol. The molecular weight excluding hydrogens is 422 g/mol. The van der Waals surface area contributed by atoms with E-state index in [-0.39, 0.29) is 13.4 Å². The normalized spacial score (nSPS) is 25.9. The number of hydrogen-bond acceptors (Lipinski definition) is 10. The van der Waals surface area contributed by atoms with Crippen LogP contribution in [0.1, 0.15) is 27.2 Å². The summed E-state index contributed by atoms with van der Waals surface area (Å²) in [5, 5.41) is 0. The fraction of sp³-hybridized carbons (Fsp3) is 0.500. The number of allylic oxidation sites excluding steroid dienone is 1. The number of anilines is 1. The van der Waals surface area contributed by atoms with Gasteiger partial charge in [0.25, 0.3) is 0 Å². The van der Waals surface area contributed by atoms with Crippen molar-refractivity contribution < 1.29 is 42.8 Å². The lowest BCUT2D eigenvalue weighted by atomic mass is 9.80. The van der Waals surface area contributed by atoms with Gasteiger partial charge in [0.05, 0.1) is 12.7 Å². The lowest BCUT2D eigenvalue weighted by molar-refractivity contribution is -0.193. The number of carbonyl (C=O) groups is 3. The molecule has 3 aliphatic heterocycles. The van der Waals surface area contributed by atoms with Crippen LogP contribution in [0.5, 0.6) is 11.5 Å². The minimum Gasteiger partial charge on any atom is -0.466 e. The molecule has 1 aromatic carbocycles. The van der Waals surface area contributed by atoms with E-state index < -0.39 is 42.3 Å². The summed E-state index contributed by atoms with van der Waals surface area (Å²) in [6.45, 7) is 4.37. The summed E-state index contributed by atoms with van der Waals surface area (Å²) in [5.74, 6) is -0.811. The molecule has 0 saturated carbocycles. The van der Waals surface area contributed by atoms with Crippen LogP contribution in [-0.2, 0) is 33.3 Å². The zero-order valence-corrected chi connectivity index (χ0v) is 18.3. The summed E-state index contributed by atoms with van der Waals surface area (Å²) < 4.78 is 32.9. The number of ether oxygens (including phenoxy) is 6. The molecular formula is C22H25NO9. The van der Waals surface area contributed by atoms with Crippen molar-refractivity contribution in [2.75, 3.05) is 25.4 Å². The Labute approximate surface area is 184 Å². The van der Waals surface area contributed by atoms with E-state index in [0.717, 1.165) is 5.69 Å². The average Bonchev–Trinajstić information content (AvgIpc) is 3.21. The van der Waals surface area contributed by atoms with Crippen molar-refractivity contribution in [2.45, 2.75) is 45.6 Å². The van der Waals surface area contributed by atoms with Crippen LogP contribution in [0, 0.1) is 5.92 Å². The molecule has 4 rings (SSSR count). The van der Waals surface area contributed by atoms with Crippen LogP contribution in [0.25, 0.3) is 0 Å². The second kappa shape index (κ2) is 8.70. The minimum atomic E-state index is -0.814. The fourth-order valence-corrected chi connectivity index (χ4v) is 4.49. The Hall–Kier alpha value is -3.27. The molecule has 3 heterocycles. The van der Waals surface area contributed by atoms with E-state index in [1.165, 1.54) is 21.0 Å². The summed E-state index contributed by atoms with van der Waals surface area (Å²) in [7, 11) is 1.30. The second-order valence-electron chi connectivity index (χ2n) is 7.75. The van der Waals surface area contributed by atoms with E-state index in [1.54, 1.807) is 13.0 Å². The number of esters is 3. The second-order valence-corrected chi connectivity index (χ2v) is 7.75. The highest BCUT2D eigenvalue weighted by Crippen LogP contribution is 2.45. The van der Waals surface area contributed by atoms with Gasteiger partial charge in [0.1, 0.15) is 25.0 Å². The fourth-order valence-electron chi connectivity index (χ4n) is 4.49. The molecule has 32 heavy (non-hydrogen) atoms. The van der Waals surface area contributed by atoms with Crippen molar-refractivity contribution >= 4 is 23.6 Å². The van der Waals surface area contributed by atoms with Gasteiger partial charge in [0, 0.05) is 43.6 Å². The Morgan fingerprint density at radius 2 is 1.88 bits per heavy atom. The largest absolute Gasteiger partial charge is 0.466 e. The van der Waals surface area contributed by atoms with Gasteiger partial charge in [-0.05, 0) is 19.1 Å². The Morgan fingerprint density at radius 1 is 1.12 bits per heavy atom. The molecule has 4 atom stereocenters. The van der Waals surface area contributed by atoms with Gasteiger partial charge in [0.2, 0.25) is 6.79 Å². The molecule has 1 aromatic rings. The van der Waals surface area contributed by atoms with Gasteiger partial charge in [-0.2, -0.15) is 0 Å². The summed E-state index contributed by atoms with van der Waals surface area (Å²) in [6, 6.07) is 5.44. The summed E-state index contributed by atoms with van der Waals surface area (Å²) in [6.07, 6.45) is -1.71. The summed E-state index contributed by atoms with van der Waals surface area (Å²) in [4.78, 5) is 37.9. The number of nitrogens with zero attached hydrogens (tertiary/aromatic N) is 1. The maximum absolute atomic E-state index is 12.8. The molecule has 1 fully saturated rings. The quantitative estimate of drug-likeness (QED) is 0.490. The molecule has 3 aliphatic rings. The third kappa shape index (κ3) is 3.97. The predicted octanol–water partition coefficient (Wildman–Crippen LogP) is 1.91. The van der Waals surface area contributed by atoms with Gasteiger partial charge in [-0.3, -0.25) is 9.59 Å². The van der Waals surface area contributed by atoms with E-state index in [9.17, 15) is 14.4 Å². The van der Waals surface area contributed by atoms with Crippen LogP contribution in [0.15, 0.2) is 29.5 Å². The van der Waals surface area contributed by atoms with Crippen molar-refractivity contribution in [3.8, 4) is 11.5 Å². The number of rotatable bonds is 5. The van der Waals surface area contributed by atoms with Crippen LogP contribution >= 0.6 is 0 Å². The number of benzene rings is 1. The Morgan fingerprint density at radius 3 is 2.56 bits per heavy atom. The van der Waals surface area contributed by atoms with Gasteiger partial charge < -0.3 is 33.3 Å². The lowest BCUT2D eigenvalue weighted by Crippen LogP contribution is -2.58. The SMILES string of the molecule is COC(=O)C1=C(C)N(c2ccc3c(c2)OCO3)[C@@H]2C[C@H]1[C@H](OC(C)=O)[C@@H](COC(C)=O)O2. The van der Waals surface area contributed by atoms with Crippen molar-refractivity contribution in [1.29, 1.82) is 0 Å². The topological polar surface area (TPSA) is 110 Å².